The summed E-state index contributed by atoms with van der Waals surface area (Å²) in [5.74, 6) is 1.83. The molecular formula is C19H34N4O2. The molecule has 6 nitrogen and oxygen atoms in total. The van der Waals surface area contributed by atoms with Gasteiger partial charge >= 0.3 is 6.09 Å². The van der Waals surface area contributed by atoms with Crippen molar-refractivity contribution in [1.29, 1.82) is 0 Å². The Hall–Kier alpha value is -1.46. The molecule has 2 N–H and O–H groups in total. The Morgan fingerprint density at radius 1 is 1.16 bits per heavy atom. The fourth-order valence-corrected chi connectivity index (χ4v) is 4.10. The Morgan fingerprint density at radius 3 is 2.32 bits per heavy atom. The van der Waals surface area contributed by atoms with Gasteiger partial charge in [-0.3, -0.25) is 4.99 Å². The molecule has 1 saturated carbocycles. The summed E-state index contributed by atoms with van der Waals surface area (Å²) in [6.45, 7) is 6.78. The SMILES string of the molecule is CN=C(NCCC1CC1)NC1CC2CCC(C1)N2C(=O)OC(C)(C)C. The number of hydrogen-bond acceptors (Lipinski definition) is 3. The molecule has 3 aliphatic rings. The lowest BCUT2D eigenvalue weighted by Crippen LogP contribution is -2.55. The lowest BCUT2D eigenvalue weighted by Gasteiger charge is -2.40. The maximum absolute atomic E-state index is 12.5. The molecule has 142 valence electrons. The van der Waals surface area contributed by atoms with E-state index in [4.69, 9.17) is 4.74 Å². The highest BCUT2D eigenvalue weighted by molar-refractivity contribution is 5.80. The monoisotopic (exact) mass is 350 g/mol. The van der Waals surface area contributed by atoms with E-state index in [1.165, 1.54) is 19.3 Å². The molecule has 2 atom stereocenters. The largest absolute Gasteiger partial charge is 0.444 e. The summed E-state index contributed by atoms with van der Waals surface area (Å²) < 4.78 is 5.61. The van der Waals surface area contributed by atoms with E-state index in [2.05, 4.69) is 15.6 Å². The molecule has 0 radical (unpaired) electrons. The molecule has 0 aromatic heterocycles. The third kappa shape index (κ3) is 5.02. The fourth-order valence-electron chi connectivity index (χ4n) is 4.10. The summed E-state index contributed by atoms with van der Waals surface area (Å²) in [4.78, 5) is 18.9. The molecule has 2 unspecified atom stereocenters. The van der Waals surface area contributed by atoms with Gasteiger partial charge in [0.25, 0.3) is 0 Å². The van der Waals surface area contributed by atoms with E-state index in [1.54, 1.807) is 0 Å². The molecule has 2 aliphatic heterocycles. The first kappa shape index (κ1) is 18.3. The Labute approximate surface area is 151 Å². The van der Waals surface area contributed by atoms with Crippen LogP contribution in [0.15, 0.2) is 4.99 Å². The van der Waals surface area contributed by atoms with Gasteiger partial charge < -0.3 is 20.3 Å². The minimum absolute atomic E-state index is 0.148. The number of nitrogens with zero attached hydrogens (tertiary/aromatic N) is 2. The van der Waals surface area contributed by atoms with Crippen molar-refractivity contribution >= 4 is 12.1 Å². The molecule has 0 spiro atoms. The summed E-state index contributed by atoms with van der Waals surface area (Å²) in [5.41, 5.74) is -0.431. The van der Waals surface area contributed by atoms with Crippen molar-refractivity contribution in [2.45, 2.75) is 89.4 Å². The topological polar surface area (TPSA) is 66.0 Å². The van der Waals surface area contributed by atoms with Crippen LogP contribution in [-0.2, 0) is 4.74 Å². The van der Waals surface area contributed by atoms with Gasteiger partial charge in [-0.15, -0.1) is 0 Å². The van der Waals surface area contributed by atoms with E-state index in [0.717, 1.165) is 44.1 Å². The minimum atomic E-state index is -0.431. The van der Waals surface area contributed by atoms with Crippen molar-refractivity contribution in [2.24, 2.45) is 10.9 Å². The van der Waals surface area contributed by atoms with E-state index in [0.29, 0.717) is 6.04 Å². The van der Waals surface area contributed by atoms with Gasteiger partial charge in [-0.2, -0.15) is 0 Å². The smallest absolute Gasteiger partial charge is 0.410 e. The number of fused-ring (bicyclic) bond motifs is 2. The highest BCUT2D eigenvalue weighted by Crippen LogP contribution is 2.37. The zero-order valence-corrected chi connectivity index (χ0v) is 16.2. The average molecular weight is 351 g/mol. The van der Waals surface area contributed by atoms with Crippen LogP contribution in [0.2, 0.25) is 0 Å². The highest BCUT2D eigenvalue weighted by Gasteiger charge is 2.45. The van der Waals surface area contributed by atoms with Gasteiger partial charge in [-0.25, -0.2) is 4.79 Å². The number of piperidine rings is 1. The van der Waals surface area contributed by atoms with E-state index < -0.39 is 5.60 Å². The zero-order valence-electron chi connectivity index (χ0n) is 16.2. The van der Waals surface area contributed by atoms with Crippen LogP contribution in [0.4, 0.5) is 4.79 Å². The van der Waals surface area contributed by atoms with Crippen molar-refractivity contribution < 1.29 is 9.53 Å². The van der Waals surface area contributed by atoms with Crippen LogP contribution in [0.3, 0.4) is 0 Å². The molecule has 0 aromatic rings. The quantitative estimate of drug-likeness (QED) is 0.604. The number of rotatable bonds is 4. The maximum atomic E-state index is 12.5. The first-order valence-corrected chi connectivity index (χ1v) is 9.84. The lowest BCUT2D eigenvalue weighted by molar-refractivity contribution is 0.00545. The highest BCUT2D eigenvalue weighted by atomic mass is 16.6. The normalized spacial score (nSPS) is 29.5. The molecule has 1 amide bonds. The number of carbonyl (C=O) groups is 1. The third-order valence-electron chi connectivity index (χ3n) is 5.44. The second-order valence-electron chi connectivity index (χ2n) is 8.82. The standard InChI is InChI=1S/C19H34N4O2/c1-19(2,3)25-18(24)23-15-7-8-16(23)12-14(11-15)22-17(20-4)21-10-9-13-5-6-13/h13-16H,5-12H2,1-4H3,(H2,20,21,22). The number of ether oxygens (including phenoxy) is 1. The first-order chi connectivity index (χ1) is 11.9. The molecular weight excluding hydrogens is 316 g/mol. The van der Waals surface area contributed by atoms with E-state index in [9.17, 15) is 4.79 Å². The summed E-state index contributed by atoms with van der Waals surface area (Å²) in [6, 6.07) is 0.953. The zero-order chi connectivity index (χ0) is 18.0. The van der Waals surface area contributed by atoms with Crippen molar-refractivity contribution in [2.75, 3.05) is 13.6 Å². The van der Waals surface area contributed by atoms with Crippen LogP contribution >= 0.6 is 0 Å². The van der Waals surface area contributed by atoms with E-state index in [1.807, 2.05) is 32.7 Å². The van der Waals surface area contributed by atoms with Crippen LogP contribution in [0.25, 0.3) is 0 Å². The molecule has 6 heteroatoms. The molecule has 3 rings (SSSR count). The number of aliphatic imine (C=N–C) groups is 1. The molecule has 3 fully saturated rings. The van der Waals surface area contributed by atoms with Gasteiger partial charge in [0.05, 0.1) is 0 Å². The fraction of sp³-hybridized carbons (Fsp3) is 0.895. The van der Waals surface area contributed by atoms with Crippen molar-refractivity contribution in [3.63, 3.8) is 0 Å². The Kier molecular flexibility index (Phi) is 5.44. The molecule has 0 aromatic carbocycles. The van der Waals surface area contributed by atoms with Gasteiger partial charge in [-0.05, 0) is 58.8 Å². The second-order valence-corrected chi connectivity index (χ2v) is 8.82. The molecule has 25 heavy (non-hydrogen) atoms. The van der Waals surface area contributed by atoms with Crippen LogP contribution in [-0.4, -0.2) is 54.3 Å². The van der Waals surface area contributed by atoms with Gasteiger partial charge in [-0.1, -0.05) is 12.8 Å². The van der Waals surface area contributed by atoms with Crippen LogP contribution in [0.5, 0.6) is 0 Å². The summed E-state index contributed by atoms with van der Waals surface area (Å²) in [6.07, 6.45) is 7.97. The Morgan fingerprint density at radius 2 is 1.80 bits per heavy atom. The van der Waals surface area contributed by atoms with Gasteiger partial charge in [0.2, 0.25) is 0 Å². The molecule has 2 heterocycles. The van der Waals surface area contributed by atoms with Crippen molar-refractivity contribution in [3.8, 4) is 0 Å². The molecule has 2 saturated heterocycles. The van der Waals surface area contributed by atoms with Crippen LogP contribution < -0.4 is 10.6 Å². The van der Waals surface area contributed by atoms with Crippen LogP contribution in [0, 0.1) is 5.92 Å². The predicted molar refractivity (Wildman–Crippen MR) is 99.7 cm³/mol. The third-order valence-corrected chi connectivity index (χ3v) is 5.44. The summed E-state index contributed by atoms with van der Waals surface area (Å²) >= 11 is 0. The van der Waals surface area contributed by atoms with Crippen LogP contribution in [0.1, 0.15) is 65.7 Å². The van der Waals surface area contributed by atoms with Gasteiger partial charge in [0.15, 0.2) is 5.96 Å². The van der Waals surface area contributed by atoms with E-state index in [-0.39, 0.29) is 18.2 Å². The number of amides is 1. The van der Waals surface area contributed by atoms with Gasteiger partial charge in [0.1, 0.15) is 5.60 Å². The Bertz CT molecular complexity index is 496. The number of nitrogens with one attached hydrogen (secondary N) is 2. The number of carbonyl (C=O) groups excluding carboxylic acids is 1. The maximum Gasteiger partial charge on any atom is 0.410 e. The van der Waals surface area contributed by atoms with E-state index >= 15 is 0 Å². The minimum Gasteiger partial charge on any atom is -0.444 e. The average Bonchev–Trinajstić information content (AvgIpc) is 3.29. The second kappa shape index (κ2) is 7.42. The first-order valence-electron chi connectivity index (χ1n) is 9.84. The lowest BCUT2D eigenvalue weighted by atomic mass is 9.98. The van der Waals surface area contributed by atoms with Gasteiger partial charge in [0, 0.05) is 31.7 Å². The predicted octanol–water partition coefficient (Wildman–Crippen LogP) is 2.88. The summed E-state index contributed by atoms with van der Waals surface area (Å²) in [7, 11) is 1.83. The Balaban J connectivity index is 1.49. The number of guanidine groups is 1. The number of hydrogen-bond donors (Lipinski definition) is 2. The molecule has 2 bridgehead atoms. The van der Waals surface area contributed by atoms with Crippen molar-refractivity contribution in [1.82, 2.24) is 15.5 Å². The molecule has 1 aliphatic carbocycles. The summed E-state index contributed by atoms with van der Waals surface area (Å²) in [5, 5.41) is 7.01. The van der Waals surface area contributed by atoms with Crippen molar-refractivity contribution in [3.05, 3.63) is 0 Å².